The molecule has 0 amide bonds. The largest absolute Gasteiger partial charge is 0.369 e. The van der Waals surface area contributed by atoms with E-state index in [1.165, 1.54) is 0 Å². The van der Waals surface area contributed by atoms with E-state index in [0.29, 0.717) is 17.9 Å². The predicted molar refractivity (Wildman–Crippen MR) is 59.7 cm³/mol. The molecule has 5 nitrogen and oxygen atoms in total. The van der Waals surface area contributed by atoms with Gasteiger partial charge in [-0.1, -0.05) is 0 Å². The number of aromatic amines is 1. The fourth-order valence-electron chi connectivity index (χ4n) is 1.37. The van der Waals surface area contributed by atoms with Crippen LogP contribution in [-0.4, -0.2) is 21.5 Å². The first-order chi connectivity index (χ1) is 7.90. The van der Waals surface area contributed by atoms with Crippen molar-refractivity contribution in [1.82, 2.24) is 15.0 Å². The summed E-state index contributed by atoms with van der Waals surface area (Å²) in [4.78, 5) is 11.2. The van der Waals surface area contributed by atoms with Crippen LogP contribution >= 0.6 is 0 Å². The second kappa shape index (κ2) is 4.94. The SMILES string of the molecule is N#Cc1cccnc1NCCc1ncc[nH]1. The molecule has 0 atom stereocenters. The van der Waals surface area contributed by atoms with Crippen LogP contribution in [0.25, 0.3) is 0 Å². The van der Waals surface area contributed by atoms with Gasteiger partial charge >= 0.3 is 0 Å². The fourth-order valence-corrected chi connectivity index (χ4v) is 1.37. The van der Waals surface area contributed by atoms with E-state index in [-0.39, 0.29) is 0 Å². The van der Waals surface area contributed by atoms with Gasteiger partial charge in [-0.05, 0) is 12.1 Å². The molecule has 5 heteroatoms. The van der Waals surface area contributed by atoms with Crippen LogP contribution in [0.15, 0.2) is 30.7 Å². The highest BCUT2D eigenvalue weighted by Crippen LogP contribution is 2.09. The Morgan fingerprint density at radius 1 is 1.38 bits per heavy atom. The van der Waals surface area contributed by atoms with Gasteiger partial charge in [-0.3, -0.25) is 0 Å². The normalized spacial score (nSPS) is 9.69. The summed E-state index contributed by atoms with van der Waals surface area (Å²) in [7, 11) is 0. The average Bonchev–Trinajstić information content (AvgIpc) is 2.83. The number of nitriles is 1. The van der Waals surface area contributed by atoms with Crippen LogP contribution in [0.4, 0.5) is 5.82 Å². The van der Waals surface area contributed by atoms with Crippen LogP contribution < -0.4 is 5.32 Å². The van der Waals surface area contributed by atoms with E-state index >= 15 is 0 Å². The molecule has 2 heterocycles. The molecule has 0 bridgehead atoms. The quantitative estimate of drug-likeness (QED) is 0.803. The van der Waals surface area contributed by atoms with Crippen molar-refractivity contribution in [3.63, 3.8) is 0 Å². The summed E-state index contributed by atoms with van der Waals surface area (Å²) >= 11 is 0. The van der Waals surface area contributed by atoms with Crippen molar-refractivity contribution in [3.05, 3.63) is 42.1 Å². The Balaban J connectivity index is 1.93. The van der Waals surface area contributed by atoms with Gasteiger partial charge in [-0.2, -0.15) is 5.26 Å². The molecule has 0 fully saturated rings. The Kier molecular flexibility index (Phi) is 3.14. The highest BCUT2D eigenvalue weighted by atomic mass is 15.0. The van der Waals surface area contributed by atoms with Crippen molar-refractivity contribution < 1.29 is 0 Å². The standard InChI is InChI=1S/C11H11N5/c12-8-9-2-1-4-15-11(9)16-5-3-10-13-6-7-14-10/h1-2,4,6-7H,3,5H2,(H,13,14)(H,15,16). The Bertz CT molecular complexity index is 483. The van der Waals surface area contributed by atoms with E-state index in [0.717, 1.165) is 12.2 Å². The van der Waals surface area contributed by atoms with E-state index < -0.39 is 0 Å². The van der Waals surface area contributed by atoms with Crippen LogP contribution in [0, 0.1) is 11.3 Å². The van der Waals surface area contributed by atoms with Gasteiger partial charge in [0.2, 0.25) is 0 Å². The number of H-pyrrole nitrogens is 1. The Labute approximate surface area is 93.2 Å². The van der Waals surface area contributed by atoms with Gasteiger partial charge in [0.1, 0.15) is 17.7 Å². The number of imidazole rings is 1. The van der Waals surface area contributed by atoms with Gasteiger partial charge in [-0.25, -0.2) is 9.97 Å². The lowest BCUT2D eigenvalue weighted by Gasteiger charge is -2.05. The van der Waals surface area contributed by atoms with E-state index in [1.54, 1.807) is 30.7 Å². The molecule has 16 heavy (non-hydrogen) atoms. The highest BCUT2D eigenvalue weighted by molar-refractivity contribution is 5.51. The van der Waals surface area contributed by atoms with Crippen LogP contribution in [0.5, 0.6) is 0 Å². The highest BCUT2D eigenvalue weighted by Gasteiger charge is 2.01. The van der Waals surface area contributed by atoms with Gasteiger partial charge in [0.25, 0.3) is 0 Å². The minimum atomic E-state index is 0.557. The summed E-state index contributed by atoms with van der Waals surface area (Å²) in [6.07, 6.45) is 5.94. The van der Waals surface area contributed by atoms with Crippen molar-refractivity contribution >= 4 is 5.82 Å². The van der Waals surface area contributed by atoms with Gasteiger partial charge < -0.3 is 10.3 Å². The molecular weight excluding hydrogens is 202 g/mol. The lowest BCUT2D eigenvalue weighted by atomic mass is 10.3. The van der Waals surface area contributed by atoms with Crippen molar-refractivity contribution in [2.75, 3.05) is 11.9 Å². The van der Waals surface area contributed by atoms with Gasteiger partial charge in [0.15, 0.2) is 0 Å². The summed E-state index contributed by atoms with van der Waals surface area (Å²) < 4.78 is 0. The third-order valence-electron chi connectivity index (χ3n) is 2.14. The maximum absolute atomic E-state index is 8.85. The Morgan fingerprint density at radius 2 is 2.31 bits per heavy atom. The molecule has 2 aromatic rings. The molecule has 0 aliphatic heterocycles. The summed E-state index contributed by atoms with van der Waals surface area (Å²) in [6.45, 7) is 0.694. The summed E-state index contributed by atoms with van der Waals surface area (Å²) in [5.74, 6) is 1.54. The molecule has 80 valence electrons. The Hall–Kier alpha value is -2.35. The zero-order valence-corrected chi connectivity index (χ0v) is 8.64. The molecular formula is C11H11N5. The lowest BCUT2D eigenvalue weighted by Crippen LogP contribution is -2.08. The maximum atomic E-state index is 8.85. The first kappa shape index (κ1) is 10.2. The number of nitrogens with one attached hydrogen (secondary N) is 2. The zero-order chi connectivity index (χ0) is 11.2. The number of anilines is 1. The maximum Gasteiger partial charge on any atom is 0.143 e. The molecule has 0 aliphatic rings. The topological polar surface area (TPSA) is 77.4 Å². The number of pyridine rings is 1. The van der Waals surface area contributed by atoms with E-state index in [9.17, 15) is 0 Å². The molecule has 0 saturated heterocycles. The zero-order valence-electron chi connectivity index (χ0n) is 8.64. The molecule has 2 N–H and O–H groups in total. The predicted octanol–water partition coefficient (Wildman–Crippen LogP) is 1.33. The molecule has 0 saturated carbocycles. The van der Waals surface area contributed by atoms with Crippen molar-refractivity contribution in [1.29, 1.82) is 5.26 Å². The van der Waals surface area contributed by atoms with Crippen molar-refractivity contribution in [2.24, 2.45) is 0 Å². The van der Waals surface area contributed by atoms with Crippen LogP contribution in [0.1, 0.15) is 11.4 Å². The van der Waals surface area contributed by atoms with E-state index in [1.807, 2.05) is 0 Å². The smallest absolute Gasteiger partial charge is 0.143 e. The van der Waals surface area contributed by atoms with E-state index in [4.69, 9.17) is 5.26 Å². The number of aromatic nitrogens is 3. The minimum absolute atomic E-state index is 0.557. The molecule has 2 rings (SSSR count). The molecule has 0 radical (unpaired) electrons. The number of rotatable bonds is 4. The number of nitrogens with zero attached hydrogens (tertiary/aromatic N) is 3. The van der Waals surface area contributed by atoms with Crippen molar-refractivity contribution in [2.45, 2.75) is 6.42 Å². The van der Waals surface area contributed by atoms with E-state index in [2.05, 4.69) is 26.3 Å². The molecule has 0 unspecified atom stereocenters. The lowest BCUT2D eigenvalue weighted by molar-refractivity contribution is 0.921. The molecule has 0 aromatic carbocycles. The monoisotopic (exact) mass is 213 g/mol. The van der Waals surface area contributed by atoms with Crippen LogP contribution in [-0.2, 0) is 6.42 Å². The van der Waals surface area contributed by atoms with Gasteiger partial charge in [0, 0.05) is 31.6 Å². The number of hydrogen-bond acceptors (Lipinski definition) is 4. The van der Waals surface area contributed by atoms with Gasteiger partial charge in [-0.15, -0.1) is 0 Å². The average molecular weight is 213 g/mol. The molecule has 0 aliphatic carbocycles. The fraction of sp³-hybridized carbons (Fsp3) is 0.182. The first-order valence-electron chi connectivity index (χ1n) is 4.97. The third kappa shape index (κ3) is 2.36. The van der Waals surface area contributed by atoms with Crippen LogP contribution in [0.3, 0.4) is 0 Å². The third-order valence-corrected chi connectivity index (χ3v) is 2.14. The minimum Gasteiger partial charge on any atom is -0.369 e. The van der Waals surface area contributed by atoms with Gasteiger partial charge in [0.05, 0.1) is 5.56 Å². The van der Waals surface area contributed by atoms with Crippen LogP contribution in [0.2, 0.25) is 0 Å². The second-order valence-electron chi connectivity index (χ2n) is 3.22. The first-order valence-corrected chi connectivity index (χ1v) is 4.97. The number of hydrogen-bond donors (Lipinski definition) is 2. The summed E-state index contributed by atoms with van der Waals surface area (Å²) in [5.41, 5.74) is 0.557. The Morgan fingerprint density at radius 3 is 3.06 bits per heavy atom. The second-order valence-corrected chi connectivity index (χ2v) is 3.22. The molecule has 0 spiro atoms. The molecule has 2 aromatic heterocycles. The summed E-state index contributed by atoms with van der Waals surface area (Å²) in [6, 6.07) is 5.58. The summed E-state index contributed by atoms with van der Waals surface area (Å²) in [5, 5.41) is 12.0. The van der Waals surface area contributed by atoms with Crippen molar-refractivity contribution in [3.8, 4) is 6.07 Å².